The summed E-state index contributed by atoms with van der Waals surface area (Å²) in [6.07, 6.45) is 6.22. The average Bonchev–Trinajstić information content (AvgIpc) is 2.28. The number of nitrogens with zero attached hydrogens (tertiary/aromatic N) is 1. The lowest BCUT2D eigenvalue weighted by atomic mass is 10.1. The van der Waals surface area contributed by atoms with Gasteiger partial charge in [0, 0.05) is 13.1 Å². The Hall–Kier alpha value is -0.130. The summed E-state index contributed by atoms with van der Waals surface area (Å²) < 4.78 is 31.6. The fraction of sp³-hybridized carbons (Fsp3) is 1.00. The first kappa shape index (κ1) is 10.9. The minimum atomic E-state index is -3.99. The van der Waals surface area contributed by atoms with Crippen LogP contribution in [0.5, 0.6) is 0 Å². The smallest absolute Gasteiger partial charge is 0.273 e. The third-order valence-electron chi connectivity index (χ3n) is 2.70. The molecule has 1 saturated carbocycles. The van der Waals surface area contributed by atoms with E-state index in [-0.39, 0.29) is 6.04 Å². The van der Waals surface area contributed by atoms with Gasteiger partial charge in [0.1, 0.15) is 0 Å². The van der Waals surface area contributed by atoms with Crippen LogP contribution in [0.2, 0.25) is 0 Å². The van der Waals surface area contributed by atoms with Crippen LogP contribution in [-0.2, 0) is 10.3 Å². The molecule has 5 heteroatoms. The van der Waals surface area contributed by atoms with Crippen LogP contribution in [0.25, 0.3) is 0 Å². The minimum absolute atomic E-state index is 0.00231. The number of hydrogen-bond acceptors (Lipinski definition) is 2. The third-order valence-corrected chi connectivity index (χ3v) is 3.73. The molecular formula is C8H17NO3S. The summed E-state index contributed by atoms with van der Waals surface area (Å²) in [6, 6.07) is -0.00231. The summed E-state index contributed by atoms with van der Waals surface area (Å²) in [4.78, 5) is 0. The topological polar surface area (TPSA) is 57.6 Å². The maximum Gasteiger partial charge on any atom is 0.335 e. The van der Waals surface area contributed by atoms with Crippen molar-refractivity contribution in [3.63, 3.8) is 0 Å². The zero-order valence-electron chi connectivity index (χ0n) is 7.94. The van der Waals surface area contributed by atoms with Gasteiger partial charge in [0.25, 0.3) is 0 Å². The molecule has 0 aromatic carbocycles. The van der Waals surface area contributed by atoms with Gasteiger partial charge in [-0.05, 0) is 12.8 Å². The molecule has 0 aromatic heterocycles. The molecule has 13 heavy (non-hydrogen) atoms. The molecule has 0 radical (unpaired) electrons. The fourth-order valence-corrected chi connectivity index (χ4v) is 2.40. The van der Waals surface area contributed by atoms with Gasteiger partial charge in [-0.15, -0.1) is 0 Å². The van der Waals surface area contributed by atoms with E-state index in [2.05, 4.69) is 0 Å². The molecule has 4 nitrogen and oxygen atoms in total. The molecule has 1 fully saturated rings. The highest BCUT2D eigenvalue weighted by Crippen LogP contribution is 2.22. The van der Waals surface area contributed by atoms with E-state index in [4.69, 9.17) is 4.55 Å². The second-order valence-corrected chi connectivity index (χ2v) is 5.11. The van der Waals surface area contributed by atoms with Crippen LogP contribution >= 0.6 is 0 Å². The molecule has 1 rings (SSSR count). The Morgan fingerprint density at radius 3 is 2.00 bits per heavy atom. The maximum absolute atomic E-state index is 10.8. The second-order valence-electron chi connectivity index (χ2n) is 3.64. The van der Waals surface area contributed by atoms with Crippen molar-refractivity contribution in [1.29, 1.82) is 0 Å². The fourth-order valence-electron chi connectivity index (χ4n) is 1.81. The first-order chi connectivity index (χ1) is 6.02. The molecule has 1 aliphatic rings. The third kappa shape index (κ3) is 3.25. The highest BCUT2D eigenvalue weighted by Gasteiger charge is 2.24. The lowest BCUT2D eigenvalue weighted by Crippen LogP contribution is -2.36. The molecule has 0 atom stereocenters. The van der Waals surface area contributed by atoms with Crippen LogP contribution in [0.1, 0.15) is 38.5 Å². The lowest BCUT2D eigenvalue weighted by Gasteiger charge is -2.23. The van der Waals surface area contributed by atoms with Gasteiger partial charge in [0.05, 0.1) is 0 Å². The molecule has 0 aromatic rings. The van der Waals surface area contributed by atoms with Gasteiger partial charge < -0.3 is 0 Å². The largest absolute Gasteiger partial charge is 0.335 e. The predicted octanol–water partition coefficient (Wildman–Crippen LogP) is 1.44. The lowest BCUT2D eigenvalue weighted by molar-refractivity contribution is 0.300. The van der Waals surface area contributed by atoms with E-state index in [0.717, 1.165) is 30.0 Å². The molecule has 0 spiro atoms. The Kier molecular flexibility index (Phi) is 3.70. The summed E-state index contributed by atoms with van der Waals surface area (Å²) in [5.74, 6) is 0. The molecule has 1 N–H and O–H groups in total. The van der Waals surface area contributed by atoms with Gasteiger partial charge in [0.15, 0.2) is 0 Å². The van der Waals surface area contributed by atoms with Crippen molar-refractivity contribution in [2.45, 2.75) is 44.6 Å². The number of hydrogen-bond donors (Lipinski definition) is 1. The van der Waals surface area contributed by atoms with Crippen molar-refractivity contribution in [2.75, 3.05) is 7.05 Å². The van der Waals surface area contributed by atoms with Crippen molar-refractivity contribution in [2.24, 2.45) is 0 Å². The molecule has 1 aliphatic carbocycles. The predicted molar refractivity (Wildman–Crippen MR) is 50.8 cm³/mol. The molecule has 0 unspecified atom stereocenters. The van der Waals surface area contributed by atoms with Gasteiger partial charge >= 0.3 is 10.3 Å². The zero-order chi connectivity index (χ0) is 9.90. The van der Waals surface area contributed by atoms with E-state index < -0.39 is 10.3 Å². The Labute approximate surface area is 79.8 Å². The van der Waals surface area contributed by atoms with E-state index in [1.165, 1.54) is 19.9 Å². The Morgan fingerprint density at radius 1 is 1.15 bits per heavy atom. The Bertz CT molecular complexity index is 242. The standard InChI is InChI=1S/C8H17NO3S/c1-9(13(10,11)12)8-6-4-2-3-5-7-8/h8H,2-7H2,1H3,(H,10,11,12). The molecule has 0 amide bonds. The van der Waals surface area contributed by atoms with Crippen molar-refractivity contribution in [1.82, 2.24) is 4.31 Å². The first-order valence-electron chi connectivity index (χ1n) is 4.72. The first-order valence-corrected chi connectivity index (χ1v) is 6.12. The van der Waals surface area contributed by atoms with Crippen molar-refractivity contribution >= 4 is 10.3 Å². The van der Waals surface area contributed by atoms with Gasteiger partial charge in [0.2, 0.25) is 0 Å². The van der Waals surface area contributed by atoms with E-state index in [1.807, 2.05) is 0 Å². The van der Waals surface area contributed by atoms with Gasteiger partial charge in [-0.1, -0.05) is 25.7 Å². The highest BCUT2D eigenvalue weighted by atomic mass is 32.2. The molecule has 78 valence electrons. The summed E-state index contributed by atoms with van der Waals surface area (Å²) in [7, 11) is -2.54. The van der Waals surface area contributed by atoms with Crippen LogP contribution in [0.4, 0.5) is 0 Å². The normalized spacial score (nSPS) is 21.8. The minimum Gasteiger partial charge on any atom is -0.273 e. The zero-order valence-corrected chi connectivity index (χ0v) is 8.76. The maximum atomic E-state index is 10.8. The van der Waals surface area contributed by atoms with Crippen molar-refractivity contribution in [3.8, 4) is 0 Å². The Morgan fingerprint density at radius 2 is 1.62 bits per heavy atom. The van der Waals surface area contributed by atoms with Crippen LogP contribution in [0, 0.1) is 0 Å². The second kappa shape index (κ2) is 4.39. The van der Waals surface area contributed by atoms with Crippen LogP contribution < -0.4 is 0 Å². The van der Waals surface area contributed by atoms with Gasteiger partial charge in [-0.2, -0.15) is 12.7 Å². The summed E-state index contributed by atoms with van der Waals surface area (Å²) in [5.41, 5.74) is 0. The van der Waals surface area contributed by atoms with Gasteiger partial charge in [-0.25, -0.2) is 0 Å². The van der Waals surface area contributed by atoms with E-state index in [1.54, 1.807) is 0 Å². The quantitative estimate of drug-likeness (QED) is 0.550. The van der Waals surface area contributed by atoms with E-state index in [9.17, 15) is 8.42 Å². The number of rotatable bonds is 2. The molecule has 0 saturated heterocycles. The van der Waals surface area contributed by atoms with Gasteiger partial charge in [-0.3, -0.25) is 4.55 Å². The van der Waals surface area contributed by atoms with Crippen molar-refractivity contribution < 1.29 is 13.0 Å². The van der Waals surface area contributed by atoms with Crippen LogP contribution in [-0.4, -0.2) is 30.4 Å². The Balaban J connectivity index is 2.59. The summed E-state index contributed by atoms with van der Waals surface area (Å²) in [5, 5.41) is 0. The summed E-state index contributed by atoms with van der Waals surface area (Å²) >= 11 is 0. The monoisotopic (exact) mass is 207 g/mol. The summed E-state index contributed by atoms with van der Waals surface area (Å²) in [6.45, 7) is 0. The van der Waals surface area contributed by atoms with Crippen molar-refractivity contribution in [3.05, 3.63) is 0 Å². The van der Waals surface area contributed by atoms with Crippen LogP contribution in [0.15, 0.2) is 0 Å². The average molecular weight is 207 g/mol. The van der Waals surface area contributed by atoms with Crippen LogP contribution in [0.3, 0.4) is 0 Å². The molecule has 0 heterocycles. The SMILES string of the molecule is CN(C1CCCCCC1)S(=O)(=O)O. The molecule has 0 bridgehead atoms. The van der Waals surface area contributed by atoms with E-state index in [0.29, 0.717) is 0 Å². The van der Waals surface area contributed by atoms with E-state index >= 15 is 0 Å². The molecular weight excluding hydrogens is 190 g/mol. The molecule has 0 aliphatic heterocycles. The highest BCUT2D eigenvalue weighted by molar-refractivity contribution is 7.83.